The zero-order valence-electron chi connectivity index (χ0n) is 10.1. The molecule has 2 heterocycles. The van der Waals surface area contributed by atoms with Gasteiger partial charge < -0.3 is 10.2 Å². The van der Waals surface area contributed by atoms with E-state index in [0.717, 1.165) is 5.13 Å². The first kappa shape index (κ1) is 12.0. The molecule has 1 saturated heterocycles. The quantitative estimate of drug-likeness (QED) is 0.801. The molecule has 0 atom stereocenters. The molecule has 1 aromatic rings. The van der Waals surface area contributed by atoms with Crippen molar-refractivity contribution < 1.29 is 9.59 Å². The molecule has 0 radical (unpaired) electrons. The van der Waals surface area contributed by atoms with Crippen molar-refractivity contribution in [2.24, 2.45) is 0 Å². The van der Waals surface area contributed by atoms with Crippen LogP contribution in [-0.4, -0.2) is 35.3 Å². The van der Waals surface area contributed by atoms with Crippen molar-refractivity contribution in [3.8, 4) is 0 Å². The third-order valence-corrected chi connectivity index (χ3v) is 3.80. The summed E-state index contributed by atoms with van der Waals surface area (Å²) in [6.07, 6.45) is 0. The van der Waals surface area contributed by atoms with Crippen LogP contribution in [0, 0.1) is 0 Å². The number of anilines is 1. The number of carbonyl (C=O) groups is 2. The van der Waals surface area contributed by atoms with Crippen LogP contribution in [0.2, 0.25) is 0 Å². The number of hydrogen-bond acceptors (Lipinski definition) is 5. The van der Waals surface area contributed by atoms with Crippen molar-refractivity contribution in [3.05, 3.63) is 11.1 Å². The Labute approximate surface area is 104 Å². The topological polar surface area (TPSA) is 62.3 Å². The highest BCUT2D eigenvalue weighted by atomic mass is 32.1. The zero-order valence-corrected chi connectivity index (χ0v) is 10.9. The van der Waals surface area contributed by atoms with Crippen LogP contribution in [-0.2, 0) is 4.79 Å². The molecule has 1 aromatic heterocycles. The maximum absolute atomic E-state index is 11.8. The lowest BCUT2D eigenvalue weighted by Gasteiger charge is -2.41. The summed E-state index contributed by atoms with van der Waals surface area (Å²) >= 11 is 1.40. The Bertz CT molecular complexity index is 467. The third-order valence-electron chi connectivity index (χ3n) is 2.94. The number of ketones is 1. The monoisotopic (exact) mass is 253 g/mol. The second-order valence-electron chi connectivity index (χ2n) is 4.54. The van der Waals surface area contributed by atoms with E-state index < -0.39 is 5.54 Å². The Balaban J connectivity index is 2.31. The van der Waals surface area contributed by atoms with Gasteiger partial charge in [-0.15, -0.1) is 11.3 Å². The number of thiazole rings is 1. The maximum Gasteiger partial charge on any atom is 0.245 e. The predicted molar refractivity (Wildman–Crippen MR) is 66.6 cm³/mol. The second kappa shape index (κ2) is 4.10. The van der Waals surface area contributed by atoms with Crippen molar-refractivity contribution >= 4 is 28.2 Å². The van der Waals surface area contributed by atoms with Crippen molar-refractivity contribution in [3.63, 3.8) is 0 Å². The summed E-state index contributed by atoms with van der Waals surface area (Å²) in [4.78, 5) is 29.2. The molecule has 17 heavy (non-hydrogen) atoms. The molecule has 0 unspecified atom stereocenters. The number of Topliss-reactive ketones (excluding diaryl/α,β-unsaturated/α-hetero) is 1. The highest BCUT2D eigenvalue weighted by Gasteiger charge is 2.39. The molecule has 1 aliphatic rings. The fraction of sp³-hybridized carbons (Fsp3) is 0.545. The van der Waals surface area contributed by atoms with Gasteiger partial charge in [-0.2, -0.15) is 0 Å². The molecule has 92 valence electrons. The number of rotatable bonds is 2. The SMILES string of the molecule is CC(=O)c1csc(N2CCNC(=O)C2(C)C)n1. The fourth-order valence-electron chi connectivity index (χ4n) is 1.78. The van der Waals surface area contributed by atoms with Crippen LogP contribution in [0.1, 0.15) is 31.3 Å². The molecular formula is C11H15N3O2S. The second-order valence-corrected chi connectivity index (χ2v) is 5.37. The summed E-state index contributed by atoms with van der Waals surface area (Å²) in [6, 6.07) is 0. The van der Waals surface area contributed by atoms with Gasteiger partial charge in [0.25, 0.3) is 0 Å². The van der Waals surface area contributed by atoms with Crippen molar-refractivity contribution in [2.75, 3.05) is 18.0 Å². The number of piperazine rings is 1. The normalized spacial score (nSPS) is 19.0. The summed E-state index contributed by atoms with van der Waals surface area (Å²) < 4.78 is 0. The van der Waals surface area contributed by atoms with E-state index in [-0.39, 0.29) is 11.7 Å². The molecule has 0 bridgehead atoms. The van der Waals surface area contributed by atoms with Crippen LogP contribution >= 0.6 is 11.3 Å². The van der Waals surface area contributed by atoms with E-state index in [0.29, 0.717) is 18.8 Å². The number of aromatic nitrogens is 1. The number of amides is 1. The molecule has 2 rings (SSSR count). The van der Waals surface area contributed by atoms with Gasteiger partial charge in [0.15, 0.2) is 10.9 Å². The van der Waals surface area contributed by atoms with Gasteiger partial charge in [-0.25, -0.2) is 4.98 Å². The van der Waals surface area contributed by atoms with Gasteiger partial charge in [0, 0.05) is 25.4 Å². The van der Waals surface area contributed by atoms with E-state index in [2.05, 4.69) is 10.3 Å². The largest absolute Gasteiger partial charge is 0.352 e. The van der Waals surface area contributed by atoms with Crippen molar-refractivity contribution in [1.82, 2.24) is 10.3 Å². The fourth-order valence-corrected chi connectivity index (χ4v) is 2.82. The van der Waals surface area contributed by atoms with Crippen LogP contribution in [0.3, 0.4) is 0 Å². The minimum absolute atomic E-state index is 0.0108. The molecule has 0 aromatic carbocycles. The first-order chi connectivity index (χ1) is 7.93. The molecule has 1 N–H and O–H groups in total. The van der Waals surface area contributed by atoms with Crippen LogP contribution in [0.4, 0.5) is 5.13 Å². The first-order valence-corrected chi connectivity index (χ1v) is 6.33. The summed E-state index contributed by atoms with van der Waals surface area (Å²) in [6.45, 7) is 6.53. The van der Waals surface area contributed by atoms with Crippen LogP contribution < -0.4 is 10.2 Å². The van der Waals surface area contributed by atoms with Gasteiger partial charge in [-0.05, 0) is 13.8 Å². The standard InChI is InChI=1S/C11H15N3O2S/c1-7(15)8-6-17-10(13-8)14-5-4-12-9(16)11(14,2)3/h6H,4-5H2,1-3H3,(H,12,16). The average Bonchev–Trinajstić information content (AvgIpc) is 2.71. The highest BCUT2D eigenvalue weighted by molar-refractivity contribution is 7.14. The Morgan fingerprint density at radius 2 is 2.29 bits per heavy atom. The molecule has 1 amide bonds. The van der Waals surface area contributed by atoms with Crippen LogP contribution in [0.25, 0.3) is 0 Å². The summed E-state index contributed by atoms with van der Waals surface area (Å²) in [5.41, 5.74) is -0.156. The van der Waals surface area contributed by atoms with Gasteiger partial charge in [0.05, 0.1) is 0 Å². The molecule has 0 aliphatic carbocycles. The Kier molecular flexibility index (Phi) is 2.91. The highest BCUT2D eigenvalue weighted by Crippen LogP contribution is 2.29. The summed E-state index contributed by atoms with van der Waals surface area (Å²) in [5.74, 6) is -0.0601. The van der Waals surface area contributed by atoms with E-state index in [9.17, 15) is 9.59 Å². The predicted octanol–water partition coefficient (Wildman–Crippen LogP) is 1.06. The molecule has 0 spiro atoms. The average molecular weight is 253 g/mol. The van der Waals surface area contributed by atoms with Crippen LogP contribution in [0.15, 0.2) is 5.38 Å². The first-order valence-electron chi connectivity index (χ1n) is 5.45. The molecule has 1 aliphatic heterocycles. The Morgan fingerprint density at radius 1 is 1.59 bits per heavy atom. The summed E-state index contributed by atoms with van der Waals surface area (Å²) in [5, 5.41) is 5.30. The molecule has 0 saturated carbocycles. The lowest BCUT2D eigenvalue weighted by atomic mass is 10.00. The minimum Gasteiger partial charge on any atom is -0.352 e. The van der Waals surface area contributed by atoms with Crippen molar-refractivity contribution in [1.29, 1.82) is 0 Å². The molecule has 6 heteroatoms. The van der Waals surface area contributed by atoms with Gasteiger partial charge in [-0.1, -0.05) is 0 Å². The number of nitrogens with one attached hydrogen (secondary N) is 1. The van der Waals surface area contributed by atoms with Gasteiger partial charge >= 0.3 is 0 Å². The Hall–Kier alpha value is -1.43. The number of nitrogens with zero attached hydrogens (tertiary/aromatic N) is 2. The maximum atomic E-state index is 11.8. The smallest absolute Gasteiger partial charge is 0.245 e. The van der Waals surface area contributed by atoms with E-state index in [4.69, 9.17) is 0 Å². The van der Waals surface area contributed by atoms with Crippen molar-refractivity contribution in [2.45, 2.75) is 26.3 Å². The lowest BCUT2D eigenvalue weighted by Crippen LogP contribution is -2.62. The van der Waals surface area contributed by atoms with E-state index in [1.54, 1.807) is 5.38 Å². The number of hydrogen-bond donors (Lipinski definition) is 1. The third kappa shape index (κ3) is 2.04. The van der Waals surface area contributed by atoms with E-state index in [1.807, 2.05) is 18.7 Å². The molecule has 5 nitrogen and oxygen atoms in total. The van der Waals surface area contributed by atoms with E-state index >= 15 is 0 Å². The van der Waals surface area contributed by atoms with Gasteiger partial charge in [-0.3, -0.25) is 9.59 Å². The lowest BCUT2D eigenvalue weighted by molar-refractivity contribution is -0.126. The van der Waals surface area contributed by atoms with E-state index in [1.165, 1.54) is 18.3 Å². The van der Waals surface area contributed by atoms with Gasteiger partial charge in [0.1, 0.15) is 11.2 Å². The Morgan fingerprint density at radius 3 is 2.88 bits per heavy atom. The van der Waals surface area contributed by atoms with Crippen LogP contribution in [0.5, 0.6) is 0 Å². The van der Waals surface area contributed by atoms with Gasteiger partial charge in [0.2, 0.25) is 5.91 Å². The zero-order chi connectivity index (χ0) is 12.6. The molecule has 1 fully saturated rings. The summed E-state index contributed by atoms with van der Waals surface area (Å²) in [7, 11) is 0. The number of carbonyl (C=O) groups excluding carboxylic acids is 2. The molecular weight excluding hydrogens is 238 g/mol. The minimum atomic E-state index is -0.621.